The van der Waals surface area contributed by atoms with Gasteiger partial charge in [0.2, 0.25) is 0 Å². The molecular formula is C3H15N3O3Zr. The van der Waals surface area contributed by atoms with Crippen LogP contribution in [0.15, 0.2) is 0 Å². The van der Waals surface area contributed by atoms with Crippen LogP contribution in [-0.2, 0) is 31.0 Å². The van der Waals surface area contributed by atoms with Gasteiger partial charge in [0.05, 0.1) is 0 Å². The van der Waals surface area contributed by atoms with Gasteiger partial charge in [0, 0.05) is 26.2 Å². The predicted molar refractivity (Wildman–Crippen MR) is 34.4 cm³/mol. The molecule has 0 aromatic heterocycles. The van der Waals surface area contributed by atoms with E-state index in [1.54, 1.807) is 0 Å². The zero-order valence-electron chi connectivity index (χ0n) is 6.00. The van der Waals surface area contributed by atoms with E-state index in [2.05, 4.69) is 0 Å². The molecule has 0 aliphatic rings. The average molecular weight is 232 g/mol. The van der Waals surface area contributed by atoms with Crippen LogP contribution >= 0.6 is 0 Å². The van der Waals surface area contributed by atoms with Crippen LogP contribution in [0.4, 0.5) is 0 Å². The molecule has 0 spiro atoms. The molecule has 0 saturated heterocycles. The molecule has 0 aliphatic carbocycles. The van der Waals surface area contributed by atoms with Crippen molar-refractivity contribution >= 4 is 5.97 Å². The van der Waals surface area contributed by atoms with Gasteiger partial charge in [-0.2, -0.15) is 0 Å². The smallest absolute Gasteiger partial charge is 0.332 e. The fourth-order valence-corrected chi connectivity index (χ4v) is 0. The minimum Gasteiger partial charge on any atom is -0.479 e. The topological polar surface area (TPSA) is 163 Å². The molecule has 1 atom stereocenters. The largest absolute Gasteiger partial charge is 0.479 e. The molecule has 6 nitrogen and oxygen atoms in total. The summed E-state index contributed by atoms with van der Waals surface area (Å²) in [6.07, 6.45) is -1.23. The summed E-state index contributed by atoms with van der Waals surface area (Å²) in [5, 5.41) is 15.8. The summed E-state index contributed by atoms with van der Waals surface area (Å²) in [4.78, 5) is 9.45. The van der Waals surface area contributed by atoms with Crippen LogP contribution in [0.5, 0.6) is 0 Å². The molecule has 0 fully saturated rings. The molecule has 0 heterocycles. The molecule has 0 aliphatic heterocycles. The van der Waals surface area contributed by atoms with E-state index >= 15 is 0 Å². The van der Waals surface area contributed by atoms with Gasteiger partial charge in [0.25, 0.3) is 0 Å². The van der Waals surface area contributed by atoms with Crippen LogP contribution in [0.1, 0.15) is 6.92 Å². The van der Waals surface area contributed by atoms with Crippen LogP contribution < -0.4 is 18.5 Å². The average Bonchev–Trinajstić information content (AvgIpc) is 1.36. The maximum absolute atomic E-state index is 9.45. The summed E-state index contributed by atoms with van der Waals surface area (Å²) in [6.45, 7) is 1.20. The van der Waals surface area contributed by atoms with Crippen LogP contribution in [-0.4, -0.2) is 22.3 Å². The summed E-state index contributed by atoms with van der Waals surface area (Å²) in [5.41, 5.74) is 0. The van der Waals surface area contributed by atoms with E-state index in [-0.39, 0.29) is 44.7 Å². The van der Waals surface area contributed by atoms with Crippen molar-refractivity contribution in [1.29, 1.82) is 0 Å². The quantitative estimate of drug-likeness (QED) is 0.425. The summed E-state index contributed by atoms with van der Waals surface area (Å²) in [5.74, 6) is -1.19. The van der Waals surface area contributed by atoms with E-state index in [1.807, 2.05) is 0 Å². The fourth-order valence-electron chi connectivity index (χ4n) is 0. The first-order valence-corrected chi connectivity index (χ1v) is 1.55. The fraction of sp³-hybridized carbons (Fsp3) is 0.667. The number of aliphatic carboxylic acids is 1. The van der Waals surface area contributed by atoms with Crippen molar-refractivity contribution in [2.45, 2.75) is 13.0 Å². The van der Waals surface area contributed by atoms with E-state index in [0.717, 1.165) is 0 Å². The Bertz CT molecular complexity index is 70.0. The zero-order valence-corrected chi connectivity index (χ0v) is 8.46. The van der Waals surface area contributed by atoms with Crippen molar-refractivity contribution in [3.63, 3.8) is 0 Å². The van der Waals surface area contributed by atoms with E-state index in [9.17, 15) is 4.79 Å². The number of carboxylic acids is 1. The van der Waals surface area contributed by atoms with Crippen molar-refractivity contribution in [3.8, 4) is 0 Å². The summed E-state index contributed by atoms with van der Waals surface area (Å²) < 4.78 is 0. The zero-order chi connectivity index (χ0) is 5.15. The van der Waals surface area contributed by atoms with Crippen LogP contribution in [0.25, 0.3) is 0 Å². The molecule has 64 valence electrons. The Labute approximate surface area is 78.9 Å². The van der Waals surface area contributed by atoms with Crippen molar-refractivity contribution < 1.29 is 41.2 Å². The summed E-state index contributed by atoms with van der Waals surface area (Å²) in [6, 6.07) is 0. The number of hydrogen-bond donors (Lipinski definition) is 5. The van der Waals surface area contributed by atoms with Gasteiger partial charge in [-0.1, -0.05) is 0 Å². The van der Waals surface area contributed by atoms with Gasteiger partial charge in [-0.15, -0.1) is 0 Å². The van der Waals surface area contributed by atoms with E-state index in [0.29, 0.717) is 0 Å². The minimum atomic E-state index is -1.23. The Hall–Kier alpha value is 0.193. The molecule has 0 radical (unpaired) electrons. The molecule has 0 aromatic rings. The van der Waals surface area contributed by atoms with Gasteiger partial charge >= 0.3 is 5.97 Å². The molecule has 1 unspecified atom stereocenters. The predicted octanol–water partition coefficient (Wildman–Crippen LogP) is -0.0647. The second-order valence-corrected chi connectivity index (χ2v) is 1.01. The molecule has 0 amide bonds. The minimum absolute atomic E-state index is 0. The Morgan fingerprint density at radius 2 is 1.40 bits per heavy atom. The van der Waals surface area contributed by atoms with E-state index < -0.39 is 12.1 Å². The number of aliphatic hydroxyl groups excluding tert-OH is 1. The van der Waals surface area contributed by atoms with E-state index in [1.165, 1.54) is 6.92 Å². The molecule has 0 bridgehead atoms. The first-order valence-electron chi connectivity index (χ1n) is 1.55. The number of rotatable bonds is 1. The van der Waals surface area contributed by atoms with Crippen molar-refractivity contribution in [2.24, 2.45) is 0 Å². The van der Waals surface area contributed by atoms with Gasteiger partial charge in [-0.3, -0.25) is 0 Å². The summed E-state index contributed by atoms with van der Waals surface area (Å²) >= 11 is 0. The third kappa shape index (κ3) is 24.1. The maximum Gasteiger partial charge on any atom is 0.332 e. The van der Waals surface area contributed by atoms with Gasteiger partial charge < -0.3 is 28.7 Å². The molecular weight excluding hydrogens is 217 g/mol. The third-order valence-electron chi connectivity index (χ3n) is 0.357. The van der Waals surface area contributed by atoms with Crippen molar-refractivity contribution in [1.82, 2.24) is 18.5 Å². The van der Waals surface area contributed by atoms with Gasteiger partial charge in [0.1, 0.15) is 6.10 Å². The Morgan fingerprint density at radius 1 is 1.30 bits per heavy atom. The molecule has 0 rings (SSSR count). The number of aliphatic hydroxyl groups is 1. The third-order valence-corrected chi connectivity index (χ3v) is 0.357. The van der Waals surface area contributed by atoms with E-state index in [4.69, 9.17) is 10.2 Å². The first-order chi connectivity index (χ1) is 2.64. The number of carbonyl (C=O) groups is 1. The summed E-state index contributed by atoms with van der Waals surface area (Å²) in [7, 11) is 0. The van der Waals surface area contributed by atoms with Gasteiger partial charge in [0.15, 0.2) is 0 Å². The molecule has 0 saturated carbocycles. The second kappa shape index (κ2) is 16.1. The molecule has 0 aromatic carbocycles. The standard InChI is InChI=1S/C3H6O3.3H3N.Zr/c1-2(4)3(5)6;;;;/h2,4H,1H3,(H,5,6);3*1H3;. The number of carboxylic acid groups (broad SMARTS) is 1. The second-order valence-electron chi connectivity index (χ2n) is 1.01. The normalized spacial score (nSPS) is 8.20. The van der Waals surface area contributed by atoms with Crippen LogP contribution in [0.2, 0.25) is 0 Å². The number of hydrogen-bond acceptors (Lipinski definition) is 5. The monoisotopic (exact) mass is 231 g/mol. The maximum atomic E-state index is 9.45. The Balaban J connectivity index is -0.0000000208. The van der Waals surface area contributed by atoms with Gasteiger partial charge in [-0.05, 0) is 6.92 Å². The molecule has 10 heavy (non-hydrogen) atoms. The van der Waals surface area contributed by atoms with Gasteiger partial charge in [-0.25, -0.2) is 4.79 Å². The van der Waals surface area contributed by atoms with Crippen molar-refractivity contribution in [3.05, 3.63) is 0 Å². The Morgan fingerprint density at radius 3 is 1.40 bits per heavy atom. The first kappa shape index (κ1) is 31.9. The van der Waals surface area contributed by atoms with Crippen LogP contribution in [0, 0.1) is 0 Å². The van der Waals surface area contributed by atoms with Crippen molar-refractivity contribution in [2.75, 3.05) is 0 Å². The Kier molecular flexibility index (Phi) is 51.4. The SMILES string of the molecule is CC(O)C(=O)O.N.N.N.[Zr]. The molecule has 7 heteroatoms. The van der Waals surface area contributed by atoms with Crippen LogP contribution in [0.3, 0.4) is 0 Å². The molecule has 11 N–H and O–H groups in total.